The minimum atomic E-state index is -2.94. The second kappa shape index (κ2) is 11.2. The number of alkyl halides is 2. The maximum Gasteiger partial charge on any atom is 0.387 e. The van der Waals surface area contributed by atoms with Crippen molar-refractivity contribution in [3.05, 3.63) is 83.2 Å². The fraction of sp³-hybridized carbons (Fsp3) is 0.387. The Labute approximate surface area is 232 Å². The zero-order valence-corrected chi connectivity index (χ0v) is 22.4. The molecule has 0 radical (unpaired) electrons. The Kier molecular flexibility index (Phi) is 7.36. The first-order valence-electron chi connectivity index (χ1n) is 13.8. The van der Waals surface area contributed by atoms with Gasteiger partial charge in [0.1, 0.15) is 0 Å². The van der Waals surface area contributed by atoms with Crippen LogP contribution in [-0.4, -0.2) is 67.4 Å². The molecule has 6 rings (SSSR count). The van der Waals surface area contributed by atoms with Crippen LogP contribution in [0.4, 0.5) is 14.5 Å². The van der Waals surface area contributed by atoms with E-state index in [1.165, 1.54) is 7.11 Å². The number of methoxy groups -OCH3 is 1. The first kappa shape index (κ1) is 26.2. The molecule has 1 saturated heterocycles. The molecule has 2 atom stereocenters. The van der Waals surface area contributed by atoms with Crippen molar-refractivity contribution >= 4 is 17.3 Å². The third kappa shape index (κ3) is 5.12. The van der Waals surface area contributed by atoms with E-state index >= 15 is 0 Å². The van der Waals surface area contributed by atoms with E-state index in [1.807, 2.05) is 41.3 Å². The summed E-state index contributed by atoms with van der Waals surface area (Å²) < 4.78 is 36.5. The molecule has 208 valence electrons. The highest BCUT2D eigenvalue weighted by Crippen LogP contribution is 2.45. The molecule has 0 spiro atoms. The summed E-state index contributed by atoms with van der Waals surface area (Å²) in [5.41, 5.74) is 5.27. The van der Waals surface area contributed by atoms with Crippen LogP contribution in [0.25, 0.3) is 0 Å². The smallest absolute Gasteiger partial charge is 0.387 e. The zero-order valence-electron chi connectivity index (χ0n) is 22.4. The van der Waals surface area contributed by atoms with Crippen LogP contribution in [0.5, 0.6) is 11.5 Å². The lowest BCUT2D eigenvalue weighted by Gasteiger charge is -2.36. The fourth-order valence-electron chi connectivity index (χ4n) is 6.20. The summed E-state index contributed by atoms with van der Waals surface area (Å²) in [6.07, 6.45) is 7.64. The van der Waals surface area contributed by atoms with Crippen molar-refractivity contribution in [2.45, 2.75) is 44.3 Å². The Balaban J connectivity index is 1.24. The molecule has 1 aromatic heterocycles. The Bertz CT molecular complexity index is 1390. The molecule has 2 aromatic carbocycles. The van der Waals surface area contributed by atoms with Gasteiger partial charge in [-0.2, -0.15) is 8.78 Å². The minimum Gasteiger partial charge on any atom is -0.493 e. The van der Waals surface area contributed by atoms with Crippen LogP contribution in [0.2, 0.25) is 0 Å². The molecule has 3 aromatic rings. The number of hydrogen-bond donors (Lipinski definition) is 0. The summed E-state index contributed by atoms with van der Waals surface area (Å²) in [4.78, 5) is 26.7. The molecular weight excluding hydrogens is 514 g/mol. The number of pyridine rings is 1. The van der Waals surface area contributed by atoms with Gasteiger partial charge in [0.25, 0.3) is 5.91 Å². The van der Waals surface area contributed by atoms with Crippen LogP contribution in [0.1, 0.15) is 58.6 Å². The average molecular weight is 547 g/mol. The van der Waals surface area contributed by atoms with Gasteiger partial charge in [0.15, 0.2) is 11.5 Å². The quantitative estimate of drug-likeness (QED) is 0.407. The maximum atomic E-state index is 13.3. The number of aromatic nitrogens is 1. The number of amides is 1. The summed E-state index contributed by atoms with van der Waals surface area (Å²) in [6.45, 7) is -0.106. The van der Waals surface area contributed by atoms with Gasteiger partial charge in [-0.1, -0.05) is 25.0 Å². The average Bonchev–Trinajstić information content (AvgIpc) is 3.00. The fourth-order valence-corrected chi connectivity index (χ4v) is 6.20. The Morgan fingerprint density at radius 1 is 0.950 bits per heavy atom. The molecule has 0 N–H and O–H groups in total. The van der Waals surface area contributed by atoms with E-state index in [2.05, 4.69) is 9.88 Å². The van der Waals surface area contributed by atoms with Gasteiger partial charge in [-0.25, -0.2) is 0 Å². The number of rotatable bonds is 6. The molecule has 2 fully saturated rings. The van der Waals surface area contributed by atoms with Crippen LogP contribution in [0.15, 0.2) is 65.9 Å². The molecule has 40 heavy (non-hydrogen) atoms. The van der Waals surface area contributed by atoms with Crippen molar-refractivity contribution in [3.8, 4) is 11.5 Å². The number of aliphatic imine (C=N–C) groups is 1. The number of nitrogens with zero attached hydrogens (tertiary/aromatic N) is 4. The number of piperazine rings is 1. The highest BCUT2D eigenvalue weighted by atomic mass is 19.3. The molecule has 1 amide bonds. The van der Waals surface area contributed by atoms with E-state index in [-0.39, 0.29) is 29.4 Å². The van der Waals surface area contributed by atoms with Crippen molar-refractivity contribution in [2.75, 3.05) is 38.2 Å². The summed E-state index contributed by atoms with van der Waals surface area (Å²) in [5, 5.41) is 0. The lowest BCUT2D eigenvalue weighted by atomic mass is 9.75. The molecule has 0 bridgehead atoms. The summed E-state index contributed by atoms with van der Waals surface area (Å²) >= 11 is 0. The molecule has 9 heteroatoms. The zero-order chi connectivity index (χ0) is 27.6. The van der Waals surface area contributed by atoms with E-state index in [9.17, 15) is 13.6 Å². The first-order valence-corrected chi connectivity index (χ1v) is 13.8. The predicted molar refractivity (Wildman–Crippen MR) is 149 cm³/mol. The molecule has 3 aliphatic rings. The van der Waals surface area contributed by atoms with E-state index in [0.29, 0.717) is 18.7 Å². The molecular formula is C31H32F2N4O3. The normalized spacial score (nSPS) is 20.4. The number of halogens is 2. The molecule has 1 aliphatic carbocycles. The number of carbonyl (C=O) groups excluding carboxylic acids is 1. The third-order valence-corrected chi connectivity index (χ3v) is 8.23. The van der Waals surface area contributed by atoms with E-state index in [0.717, 1.165) is 66.9 Å². The van der Waals surface area contributed by atoms with Gasteiger partial charge in [0, 0.05) is 66.9 Å². The largest absolute Gasteiger partial charge is 0.493 e. The predicted octanol–water partition coefficient (Wildman–Crippen LogP) is 5.53. The van der Waals surface area contributed by atoms with Crippen molar-refractivity contribution in [2.24, 2.45) is 4.99 Å². The Morgan fingerprint density at radius 3 is 2.38 bits per heavy atom. The van der Waals surface area contributed by atoms with Crippen LogP contribution in [-0.2, 0) is 0 Å². The molecule has 7 nitrogen and oxygen atoms in total. The third-order valence-electron chi connectivity index (χ3n) is 8.23. The highest BCUT2D eigenvalue weighted by molar-refractivity contribution is 6.15. The van der Waals surface area contributed by atoms with Crippen molar-refractivity contribution in [3.63, 3.8) is 0 Å². The van der Waals surface area contributed by atoms with Gasteiger partial charge in [-0.3, -0.25) is 14.8 Å². The summed E-state index contributed by atoms with van der Waals surface area (Å²) in [5.74, 6) is 0.463. The second-order valence-corrected chi connectivity index (χ2v) is 10.5. The van der Waals surface area contributed by atoms with E-state index in [4.69, 9.17) is 14.5 Å². The van der Waals surface area contributed by atoms with Gasteiger partial charge >= 0.3 is 6.61 Å². The van der Waals surface area contributed by atoms with Crippen LogP contribution < -0.4 is 14.4 Å². The second-order valence-electron chi connectivity index (χ2n) is 10.5. The van der Waals surface area contributed by atoms with Gasteiger partial charge in [0.05, 0.1) is 18.9 Å². The number of anilines is 1. The Morgan fingerprint density at radius 2 is 1.68 bits per heavy atom. The van der Waals surface area contributed by atoms with Gasteiger partial charge < -0.3 is 19.3 Å². The topological polar surface area (TPSA) is 67.3 Å². The van der Waals surface area contributed by atoms with Gasteiger partial charge in [-0.15, -0.1) is 0 Å². The lowest BCUT2D eigenvalue weighted by molar-refractivity contribution is -0.0512. The van der Waals surface area contributed by atoms with Gasteiger partial charge in [-0.05, 0) is 54.8 Å². The summed E-state index contributed by atoms with van der Waals surface area (Å²) in [7, 11) is 1.44. The molecule has 3 heterocycles. The number of hydrogen-bond acceptors (Lipinski definition) is 6. The minimum absolute atomic E-state index is 0.00900. The van der Waals surface area contributed by atoms with Gasteiger partial charge in [0.2, 0.25) is 0 Å². The summed E-state index contributed by atoms with van der Waals surface area (Å²) in [6, 6.07) is 15.1. The number of fused-ring (bicyclic) bond motifs is 3. The monoisotopic (exact) mass is 546 g/mol. The van der Waals surface area contributed by atoms with Crippen molar-refractivity contribution < 1.29 is 23.0 Å². The Hall–Kier alpha value is -4.01. The van der Waals surface area contributed by atoms with Crippen molar-refractivity contribution in [1.29, 1.82) is 0 Å². The molecule has 2 aliphatic heterocycles. The van der Waals surface area contributed by atoms with Crippen LogP contribution in [0.3, 0.4) is 0 Å². The van der Waals surface area contributed by atoms with E-state index in [1.54, 1.807) is 24.5 Å². The standard InChI is InChI=1S/C31H32F2N4O3/c1-39-27-19-25-24(18-28(27)40-31(32)33)23-4-2-3-5-26(23)35-29(25)20-6-8-21(9-7-20)30(38)37-16-14-36(15-17-37)22-10-12-34-13-11-22/h6-13,18-19,23,26,31H,2-5,14-17H2,1H3/t23-,26-/m1/s1. The first-order chi connectivity index (χ1) is 19.5. The lowest BCUT2D eigenvalue weighted by Crippen LogP contribution is -2.48. The maximum absolute atomic E-state index is 13.3. The van der Waals surface area contributed by atoms with Crippen LogP contribution >= 0.6 is 0 Å². The van der Waals surface area contributed by atoms with E-state index < -0.39 is 6.61 Å². The number of carbonyl (C=O) groups is 1. The SMILES string of the molecule is COc1cc2c(cc1OC(F)F)[C@H]1CCCC[C@H]1N=C2c1ccc(C(=O)N2CCN(c3ccncc3)CC2)cc1. The number of ether oxygens (including phenoxy) is 2. The van der Waals surface area contributed by atoms with Crippen molar-refractivity contribution in [1.82, 2.24) is 9.88 Å². The molecule has 0 unspecified atom stereocenters. The highest BCUT2D eigenvalue weighted by Gasteiger charge is 2.35. The number of benzene rings is 2. The van der Waals surface area contributed by atoms with Crippen LogP contribution in [0, 0.1) is 0 Å². The molecule has 1 saturated carbocycles.